The van der Waals surface area contributed by atoms with Gasteiger partial charge < -0.3 is 4.34 Å². The second-order valence-corrected chi connectivity index (χ2v) is 5.11. The molecule has 0 radical (unpaired) electrons. The molecule has 0 bridgehead atoms. The third-order valence-corrected chi connectivity index (χ3v) is 3.59. The number of nitrogens with zero attached hydrogens (tertiary/aromatic N) is 3. The summed E-state index contributed by atoms with van der Waals surface area (Å²) in [6, 6.07) is 4.18. The summed E-state index contributed by atoms with van der Waals surface area (Å²) >= 11 is 3.40. The second kappa shape index (κ2) is 5.33. The van der Waals surface area contributed by atoms with Gasteiger partial charge in [0.05, 0.1) is 11.7 Å². The van der Waals surface area contributed by atoms with E-state index in [9.17, 15) is 0 Å². The molecule has 5 heteroatoms. The lowest BCUT2D eigenvalue weighted by atomic mass is 10.2. The molecule has 18 heavy (non-hydrogen) atoms. The number of pyridine rings is 2. The summed E-state index contributed by atoms with van der Waals surface area (Å²) in [7, 11) is 2.68. The summed E-state index contributed by atoms with van der Waals surface area (Å²) in [6.07, 6.45) is 3.73. The van der Waals surface area contributed by atoms with Crippen LogP contribution in [0.2, 0.25) is 0 Å². The first kappa shape index (κ1) is 13.4. The molecule has 3 aromatic heterocycles. The number of fused-ring (bicyclic) bond motifs is 3. The van der Waals surface area contributed by atoms with Crippen molar-refractivity contribution in [1.29, 1.82) is 0 Å². The van der Waals surface area contributed by atoms with Gasteiger partial charge in [0.25, 0.3) is 0 Å². The molecule has 0 amide bonds. The average Bonchev–Trinajstić information content (AvgIpc) is 2.65. The summed E-state index contributed by atoms with van der Waals surface area (Å²) in [6.45, 7) is 6.05. The highest BCUT2D eigenvalue weighted by molar-refractivity contribution is 9.10. The molecule has 94 valence electrons. The Balaban J connectivity index is 0.000000574. The van der Waals surface area contributed by atoms with E-state index in [1.165, 1.54) is 5.39 Å². The molecule has 3 rings (SSSR count). The zero-order valence-corrected chi connectivity index (χ0v) is 13.3. The van der Waals surface area contributed by atoms with Gasteiger partial charge in [-0.25, -0.2) is 9.97 Å². The Kier molecular flexibility index (Phi) is 3.98. The van der Waals surface area contributed by atoms with E-state index in [1.54, 1.807) is 0 Å². The molecule has 0 N–H and O–H groups in total. The van der Waals surface area contributed by atoms with Crippen molar-refractivity contribution in [3.63, 3.8) is 0 Å². The largest absolute Gasteiger partial charge is 0.308 e. The molecule has 0 saturated heterocycles. The minimum absolute atomic E-state index is 0.846. The Hall–Kier alpha value is -0.990. The van der Waals surface area contributed by atoms with Crippen LogP contribution in [0.15, 0.2) is 29.1 Å². The maximum absolute atomic E-state index is 4.45. The van der Waals surface area contributed by atoms with Gasteiger partial charge in [0.1, 0.15) is 10.3 Å². The van der Waals surface area contributed by atoms with E-state index >= 15 is 0 Å². The van der Waals surface area contributed by atoms with Crippen molar-refractivity contribution in [1.82, 2.24) is 14.3 Å². The van der Waals surface area contributed by atoms with Crippen LogP contribution in [0, 0.1) is 6.92 Å². The molecule has 0 aliphatic carbocycles. The summed E-state index contributed by atoms with van der Waals surface area (Å²) < 4.78 is 2.84. The predicted octanol–water partition coefficient (Wildman–Crippen LogP) is 4.32. The molecule has 1 unspecified atom stereocenters. The first-order chi connectivity index (χ1) is 8.66. The maximum atomic E-state index is 4.45. The third-order valence-electron chi connectivity index (χ3n) is 2.63. The van der Waals surface area contributed by atoms with Crippen LogP contribution in [0.5, 0.6) is 0 Å². The minimum Gasteiger partial charge on any atom is -0.308 e. The highest BCUT2D eigenvalue weighted by atomic mass is 79.9. The van der Waals surface area contributed by atoms with Gasteiger partial charge in [-0.3, -0.25) is 0 Å². The number of rotatable bonds is 0. The van der Waals surface area contributed by atoms with Crippen LogP contribution in [0.3, 0.4) is 0 Å². The Morgan fingerprint density at radius 3 is 2.56 bits per heavy atom. The summed E-state index contributed by atoms with van der Waals surface area (Å²) in [5.41, 5.74) is 3.20. The highest BCUT2D eigenvalue weighted by Crippen LogP contribution is 2.30. The predicted molar refractivity (Wildman–Crippen MR) is 83.9 cm³/mol. The lowest BCUT2D eigenvalue weighted by Gasteiger charge is -1.95. The van der Waals surface area contributed by atoms with Gasteiger partial charge in [-0.1, -0.05) is 13.8 Å². The van der Waals surface area contributed by atoms with Crippen LogP contribution in [0.1, 0.15) is 19.4 Å². The third kappa shape index (κ3) is 2.15. The SMILES string of the molecule is CC.Cc1cnc2c(c1)c1cc(Br)ncc1n2P. The van der Waals surface area contributed by atoms with Crippen LogP contribution in [-0.2, 0) is 0 Å². The van der Waals surface area contributed by atoms with Crippen molar-refractivity contribution >= 4 is 47.3 Å². The van der Waals surface area contributed by atoms with Crippen molar-refractivity contribution in [3.05, 3.63) is 34.7 Å². The van der Waals surface area contributed by atoms with E-state index in [0.29, 0.717) is 0 Å². The highest BCUT2D eigenvalue weighted by Gasteiger charge is 2.09. The topological polar surface area (TPSA) is 30.7 Å². The van der Waals surface area contributed by atoms with Crippen LogP contribution in [0.25, 0.3) is 21.9 Å². The fourth-order valence-electron chi connectivity index (χ4n) is 1.90. The number of halogens is 1. The smallest absolute Gasteiger partial charge is 0.143 e. The van der Waals surface area contributed by atoms with E-state index in [0.717, 1.165) is 26.7 Å². The van der Waals surface area contributed by atoms with Crippen molar-refractivity contribution in [2.45, 2.75) is 20.8 Å². The zero-order valence-electron chi connectivity index (χ0n) is 10.6. The lowest BCUT2D eigenvalue weighted by Crippen LogP contribution is -1.83. The van der Waals surface area contributed by atoms with Crippen LogP contribution in [-0.4, -0.2) is 14.3 Å². The maximum Gasteiger partial charge on any atom is 0.143 e. The summed E-state index contributed by atoms with van der Waals surface area (Å²) in [5, 5.41) is 2.33. The van der Waals surface area contributed by atoms with Gasteiger partial charge in [0, 0.05) is 17.0 Å². The fourth-order valence-corrected chi connectivity index (χ4v) is 2.64. The van der Waals surface area contributed by atoms with Crippen molar-refractivity contribution in [3.8, 4) is 0 Å². The molecule has 0 aliphatic rings. The molecule has 3 nitrogen and oxygen atoms in total. The van der Waals surface area contributed by atoms with Gasteiger partial charge in [-0.05, 0) is 49.9 Å². The first-order valence-electron chi connectivity index (χ1n) is 5.84. The second-order valence-electron chi connectivity index (χ2n) is 3.78. The zero-order chi connectivity index (χ0) is 13.3. The van der Waals surface area contributed by atoms with E-state index in [1.807, 2.05) is 36.6 Å². The minimum atomic E-state index is 0.846. The molecule has 3 heterocycles. The molecule has 0 aliphatic heterocycles. The number of hydrogen-bond acceptors (Lipinski definition) is 2. The van der Waals surface area contributed by atoms with Crippen LogP contribution < -0.4 is 0 Å². The van der Waals surface area contributed by atoms with Crippen LogP contribution in [0.4, 0.5) is 0 Å². The number of aromatic nitrogens is 3. The van der Waals surface area contributed by atoms with E-state index in [-0.39, 0.29) is 0 Å². The van der Waals surface area contributed by atoms with Crippen LogP contribution >= 0.6 is 25.3 Å². The number of hydrogen-bond donors (Lipinski definition) is 0. The van der Waals surface area contributed by atoms with Crippen molar-refractivity contribution in [2.75, 3.05) is 0 Å². The quantitative estimate of drug-likeness (QED) is 0.455. The Morgan fingerprint density at radius 1 is 1.11 bits per heavy atom. The normalized spacial score (nSPS) is 10.5. The molecule has 3 aromatic rings. The summed E-state index contributed by atoms with van der Waals surface area (Å²) in [4.78, 5) is 8.69. The fraction of sp³-hybridized carbons (Fsp3) is 0.231. The van der Waals surface area contributed by atoms with E-state index < -0.39 is 0 Å². The first-order valence-corrected chi connectivity index (χ1v) is 7.15. The molecule has 1 atom stereocenters. The van der Waals surface area contributed by atoms with Gasteiger partial charge in [-0.2, -0.15) is 0 Å². The number of aryl methyl sites for hydroxylation is 1. The average molecular weight is 324 g/mol. The Bertz CT molecular complexity index is 647. The monoisotopic (exact) mass is 323 g/mol. The Morgan fingerprint density at radius 2 is 1.83 bits per heavy atom. The summed E-state index contributed by atoms with van der Waals surface area (Å²) in [5.74, 6) is 0. The lowest BCUT2D eigenvalue weighted by molar-refractivity contribution is 1.24. The van der Waals surface area contributed by atoms with Gasteiger partial charge >= 0.3 is 0 Å². The van der Waals surface area contributed by atoms with E-state index in [4.69, 9.17) is 0 Å². The molecular weight excluding hydrogens is 309 g/mol. The molecular formula is C13H15BrN3P. The molecule has 0 saturated carbocycles. The van der Waals surface area contributed by atoms with Crippen molar-refractivity contribution in [2.24, 2.45) is 0 Å². The van der Waals surface area contributed by atoms with Crippen molar-refractivity contribution < 1.29 is 0 Å². The molecule has 0 spiro atoms. The molecule has 0 fully saturated rings. The molecule has 0 aromatic carbocycles. The van der Waals surface area contributed by atoms with Gasteiger partial charge in [-0.15, -0.1) is 0 Å². The Labute approximate surface area is 117 Å². The van der Waals surface area contributed by atoms with E-state index in [2.05, 4.69) is 48.3 Å². The van der Waals surface area contributed by atoms with Gasteiger partial charge in [0.2, 0.25) is 0 Å². The van der Waals surface area contributed by atoms with Gasteiger partial charge in [0.15, 0.2) is 0 Å². The standard InChI is InChI=1S/C11H9BrN3P.C2H6/c1-6-2-8-7-3-10(12)13-5-9(7)15(16)11(8)14-4-6;1-2/h2-5H,16H2,1H3;1-2H3.